The van der Waals surface area contributed by atoms with Gasteiger partial charge in [-0.15, -0.1) is 0 Å². The number of hydrogen-bond acceptors (Lipinski definition) is 4. The second kappa shape index (κ2) is 8.58. The monoisotopic (exact) mass is 488 g/mol. The van der Waals surface area contributed by atoms with Crippen molar-refractivity contribution in [2.24, 2.45) is 5.92 Å². The summed E-state index contributed by atoms with van der Waals surface area (Å²) in [6.45, 7) is 13.3. The van der Waals surface area contributed by atoms with Crippen molar-refractivity contribution in [2.45, 2.75) is 53.4 Å². The minimum Gasteiger partial charge on any atom is -0.464 e. The van der Waals surface area contributed by atoms with Gasteiger partial charge in [-0.05, 0) is 82.8 Å². The van der Waals surface area contributed by atoms with Crippen LogP contribution in [0.15, 0.2) is 76.1 Å². The fraction of sp³-hybridized carbons (Fsp3) is 0.273. The molecule has 0 aliphatic carbocycles. The van der Waals surface area contributed by atoms with Crippen LogP contribution in [0.3, 0.4) is 0 Å². The second-order valence-electron chi connectivity index (χ2n) is 11.6. The second-order valence-corrected chi connectivity index (χ2v) is 11.6. The molecule has 0 unspecified atom stereocenters. The van der Waals surface area contributed by atoms with Crippen molar-refractivity contribution in [1.29, 1.82) is 0 Å². The lowest BCUT2D eigenvalue weighted by molar-refractivity contribution is 0.594. The Kier molecular flexibility index (Phi) is 5.45. The first-order valence-electron chi connectivity index (χ1n) is 13.0. The molecule has 0 aliphatic heterocycles. The summed E-state index contributed by atoms with van der Waals surface area (Å²) < 4.78 is 11.9. The van der Waals surface area contributed by atoms with E-state index in [1.54, 1.807) is 6.26 Å². The molecule has 4 aromatic heterocycles. The van der Waals surface area contributed by atoms with E-state index in [-0.39, 0.29) is 5.41 Å². The third kappa shape index (κ3) is 4.11. The van der Waals surface area contributed by atoms with Crippen molar-refractivity contribution < 1.29 is 8.83 Å². The zero-order valence-corrected chi connectivity index (χ0v) is 22.3. The number of hydrogen-bond donors (Lipinski definition) is 0. The van der Waals surface area contributed by atoms with E-state index in [4.69, 9.17) is 13.8 Å². The van der Waals surface area contributed by atoms with Gasteiger partial charge in [0.15, 0.2) is 0 Å². The van der Waals surface area contributed by atoms with E-state index in [2.05, 4.69) is 89.0 Å². The molecule has 6 aromatic rings. The Balaban J connectivity index is 1.57. The number of benzene rings is 2. The van der Waals surface area contributed by atoms with Crippen molar-refractivity contribution in [2.75, 3.05) is 0 Å². The fourth-order valence-corrected chi connectivity index (χ4v) is 5.37. The van der Waals surface area contributed by atoms with Crippen molar-refractivity contribution in [3.63, 3.8) is 0 Å². The Morgan fingerprint density at radius 2 is 1.73 bits per heavy atom. The molecule has 0 N–H and O–H groups in total. The van der Waals surface area contributed by atoms with E-state index in [0.29, 0.717) is 11.6 Å². The maximum absolute atomic E-state index is 6.00. The molecule has 0 amide bonds. The van der Waals surface area contributed by atoms with Gasteiger partial charge in [0.2, 0.25) is 5.71 Å². The summed E-state index contributed by atoms with van der Waals surface area (Å²) in [6, 6.07) is 17.2. The number of furan rings is 2. The molecular formula is C33H32N2O2. The molecule has 4 heteroatoms. The van der Waals surface area contributed by atoms with Gasteiger partial charge in [0.05, 0.1) is 29.1 Å². The van der Waals surface area contributed by atoms with Crippen LogP contribution in [0.25, 0.3) is 55.4 Å². The van der Waals surface area contributed by atoms with Crippen LogP contribution in [-0.2, 0) is 11.8 Å². The lowest BCUT2D eigenvalue weighted by atomic mass is 9.83. The summed E-state index contributed by atoms with van der Waals surface area (Å²) in [5, 5.41) is 3.39. The van der Waals surface area contributed by atoms with Crippen molar-refractivity contribution in [3.8, 4) is 22.4 Å². The number of aryl methyl sites for hydroxylation is 1. The highest BCUT2D eigenvalue weighted by Crippen LogP contribution is 2.39. The number of pyridine rings is 2. The van der Waals surface area contributed by atoms with E-state index in [9.17, 15) is 0 Å². The van der Waals surface area contributed by atoms with E-state index in [1.165, 1.54) is 21.9 Å². The van der Waals surface area contributed by atoms with Crippen molar-refractivity contribution in [1.82, 2.24) is 9.97 Å². The molecule has 0 spiro atoms. The van der Waals surface area contributed by atoms with Crippen LogP contribution in [0, 0.1) is 12.8 Å². The number of nitrogens with zero attached hydrogens (tertiary/aromatic N) is 2. The maximum atomic E-state index is 6.00. The molecule has 0 fully saturated rings. The summed E-state index contributed by atoms with van der Waals surface area (Å²) in [5.74, 6) is 0.575. The average Bonchev–Trinajstić information content (AvgIpc) is 3.44. The third-order valence-electron chi connectivity index (χ3n) is 7.15. The van der Waals surface area contributed by atoms with Gasteiger partial charge >= 0.3 is 0 Å². The number of rotatable bonds is 4. The van der Waals surface area contributed by atoms with Gasteiger partial charge in [0.25, 0.3) is 0 Å². The zero-order valence-electron chi connectivity index (χ0n) is 22.3. The van der Waals surface area contributed by atoms with Crippen LogP contribution in [0.2, 0.25) is 0 Å². The third-order valence-corrected chi connectivity index (χ3v) is 7.15. The fourth-order valence-electron chi connectivity index (χ4n) is 5.37. The van der Waals surface area contributed by atoms with Gasteiger partial charge in [-0.2, -0.15) is 0 Å². The first-order chi connectivity index (χ1) is 17.7. The highest BCUT2D eigenvalue weighted by molar-refractivity contribution is 5.99. The molecule has 0 saturated heterocycles. The molecule has 6 rings (SSSR count). The van der Waals surface area contributed by atoms with Gasteiger partial charge in [0, 0.05) is 22.5 Å². The number of fused-ring (bicyclic) bond motifs is 3. The minimum atomic E-state index is -0.0382. The smallest absolute Gasteiger partial charge is 0.227 e. The van der Waals surface area contributed by atoms with Gasteiger partial charge in [-0.25, -0.2) is 4.98 Å². The van der Waals surface area contributed by atoms with Crippen LogP contribution in [0.1, 0.15) is 51.3 Å². The molecular weight excluding hydrogens is 456 g/mol. The summed E-state index contributed by atoms with van der Waals surface area (Å²) >= 11 is 0. The highest BCUT2D eigenvalue weighted by Gasteiger charge is 2.21. The minimum absolute atomic E-state index is 0.0382. The van der Waals surface area contributed by atoms with E-state index < -0.39 is 0 Å². The first kappa shape index (κ1) is 23.5. The lowest BCUT2D eigenvalue weighted by Crippen LogP contribution is -2.12. The molecule has 0 saturated carbocycles. The van der Waals surface area contributed by atoms with Crippen LogP contribution in [-0.4, -0.2) is 9.97 Å². The van der Waals surface area contributed by atoms with Crippen LogP contribution in [0.5, 0.6) is 0 Å². The quantitative estimate of drug-likeness (QED) is 0.248. The van der Waals surface area contributed by atoms with Gasteiger partial charge in [-0.1, -0.05) is 52.8 Å². The lowest BCUT2D eigenvalue weighted by Gasteiger charge is -2.22. The Labute approximate surface area is 217 Å². The topological polar surface area (TPSA) is 52.1 Å². The first-order valence-corrected chi connectivity index (χ1v) is 13.0. The molecule has 186 valence electrons. The van der Waals surface area contributed by atoms with E-state index in [1.807, 2.05) is 18.5 Å². The molecule has 37 heavy (non-hydrogen) atoms. The van der Waals surface area contributed by atoms with Gasteiger partial charge < -0.3 is 8.83 Å². The molecule has 0 atom stereocenters. The average molecular weight is 489 g/mol. The van der Waals surface area contributed by atoms with Crippen molar-refractivity contribution >= 4 is 33.0 Å². The summed E-state index contributed by atoms with van der Waals surface area (Å²) in [4.78, 5) is 9.65. The summed E-state index contributed by atoms with van der Waals surface area (Å²) in [6.07, 6.45) is 6.55. The SMILES string of the molecule is Cc1coc2nc(-c3cc(C(C)(C)C)c4cccnc4c3)cc(-c3ccc4c(CC(C)C)coc4c3)c12. The van der Waals surface area contributed by atoms with Gasteiger partial charge in [-0.3, -0.25) is 4.98 Å². The largest absolute Gasteiger partial charge is 0.464 e. The predicted molar refractivity (Wildman–Crippen MR) is 152 cm³/mol. The Hall–Kier alpha value is -3.92. The van der Waals surface area contributed by atoms with Crippen LogP contribution in [0.4, 0.5) is 0 Å². The standard InChI is InChI=1S/C33H32N2O2/c1-19(2)12-23-18-36-30-15-21(9-10-24(23)30)26-16-28(35-32-31(26)20(3)17-37-32)22-13-27(33(4,5)6)25-8-7-11-34-29(25)14-22/h7-11,13-19H,12H2,1-6H3. The Morgan fingerprint density at radius 3 is 2.51 bits per heavy atom. The predicted octanol–water partition coefficient (Wildman–Crippen LogP) is 9.26. The molecule has 0 aliphatic rings. The maximum Gasteiger partial charge on any atom is 0.227 e. The van der Waals surface area contributed by atoms with E-state index in [0.717, 1.165) is 50.9 Å². The summed E-state index contributed by atoms with van der Waals surface area (Å²) in [5.41, 5.74) is 10.1. The normalized spacial score (nSPS) is 12.4. The zero-order chi connectivity index (χ0) is 25.9. The van der Waals surface area contributed by atoms with Crippen LogP contribution >= 0.6 is 0 Å². The molecule has 0 bridgehead atoms. The summed E-state index contributed by atoms with van der Waals surface area (Å²) in [7, 11) is 0. The van der Waals surface area contributed by atoms with E-state index >= 15 is 0 Å². The van der Waals surface area contributed by atoms with Gasteiger partial charge in [0.1, 0.15) is 5.58 Å². The molecule has 0 radical (unpaired) electrons. The molecule has 2 aromatic carbocycles. The number of aromatic nitrogens is 2. The van der Waals surface area contributed by atoms with Crippen LogP contribution < -0.4 is 0 Å². The Morgan fingerprint density at radius 1 is 0.892 bits per heavy atom. The molecule has 4 heterocycles. The Bertz CT molecular complexity index is 1780. The van der Waals surface area contributed by atoms with Crippen molar-refractivity contribution in [3.05, 3.63) is 83.9 Å². The molecule has 4 nitrogen and oxygen atoms in total. The highest BCUT2D eigenvalue weighted by atomic mass is 16.3.